The van der Waals surface area contributed by atoms with Crippen LogP contribution in [0.1, 0.15) is 68.1 Å². The summed E-state index contributed by atoms with van der Waals surface area (Å²) in [6.45, 7) is 1.95. The molecule has 4 rings (SSSR count). The summed E-state index contributed by atoms with van der Waals surface area (Å²) in [5.74, 6) is -2.65. The van der Waals surface area contributed by atoms with Gasteiger partial charge in [0.25, 0.3) is 10.2 Å². The highest BCUT2D eigenvalue weighted by atomic mass is 35.5. The van der Waals surface area contributed by atoms with Gasteiger partial charge in [-0.25, -0.2) is 19.2 Å². The van der Waals surface area contributed by atoms with Crippen molar-refractivity contribution in [1.29, 1.82) is 0 Å². The fourth-order valence-corrected chi connectivity index (χ4v) is 6.09. The lowest BCUT2D eigenvalue weighted by atomic mass is 10.2. The molecule has 0 heterocycles. The van der Waals surface area contributed by atoms with Crippen LogP contribution in [-0.4, -0.2) is 88.7 Å². The standard InChI is InChI=1S/C20H19NO9S.C10H9ClO4.C10H11NO5S/c1-14(22)30-18-6-3-2-5-17(18)20(24)28-13-27-19(23)15-7-9-16(10-8-15)31-12-4-11-29-21(25)26;1-7(12)15-9-5-3-2-4-8(9)10(13)14-6-11;12-10(13)8-2-4-9(5-3-8)17-7-1-6-16-11(14)15/h2-3,5-10H,4,11-13H2,1H3;2-5H,6H2,1H3;2-5H,1,6-7H2,(H,12,13). The minimum absolute atomic E-state index is 0.0223. The number of halogens is 1. The minimum atomic E-state index is -0.957. The second kappa shape index (κ2) is 29.4. The van der Waals surface area contributed by atoms with Crippen molar-refractivity contribution in [2.45, 2.75) is 36.5 Å². The average molecular weight is 935 g/mol. The number of carboxylic acids is 1. The number of nitrogens with zero attached hydrogens (tertiary/aromatic N) is 2. The van der Waals surface area contributed by atoms with E-state index in [1.165, 1.54) is 73.8 Å². The van der Waals surface area contributed by atoms with E-state index >= 15 is 0 Å². The Labute approximate surface area is 372 Å². The summed E-state index contributed by atoms with van der Waals surface area (Å²) < 4.78 is 24.2. The Kier molecular flexibility index (Phi) is 24.3. The van der Waals surface area contributed by atoms with Gasteiger partial charge in [0, 0.05) is 23.6 Å². The van der Waals surface area contributed by atoms with Crippen LogP contribution in [0.3, 0.4) is 0 Å². The van der Waals surface area contributed by atoms with Crippen molar-refractivity contribution in [3.8, 4) is 11.5 Å². The van der Waals surface area contributed by atoms with Gasteiger partial charge in [-0.05, 0) is 97.1 Å². The third-order valence-corrected chi connectivity index (χ3v) is 9.29. The monoisotopic (exact) mass is 934 g/mol. The van der Waals surface area contributed by atoms with E-state index in [2.05, 4.69) is 14.4 Å². The van der Waals surface area contributed by atoms with Gasteiger partial charge in [-0.2, -0.15) is 0 Å². The van der Waals surface area contributed by atoms with E-state index in [0.717, 1.165) is 9.79 Å². The van der Waals surface area contributed by atoms with Crippen LogP contribution in [-0.2, 0) is 33.5 Å². The van der Waals surface area contributed by atoms with Crippen molar-refractivity contribution < 1.29 is 77.4 Å². The van der Waals surface area contributed by atoms with E-state index in [1.54, 1.807) is 60.7 Å². The molecule has 0 aliphatic rings. The number of hydrogen-bond acceptors (Lipinski definition) is 19. The topological polar surface area (TPSA) is 274 Å². The van der Waals surface area contributed by atoms with Gasteiger partial charge >= 0.3 is 35.8 Å². The molecule has 0 atom stereocenters. The van der Waals surface area contributed by atoms with E-state index < -0.39 is 52.8 Å². The first-order valence-corrected chi connectivity index (χ1v) is 20.5. The predicted octanol–water partition coefficient (Wildman–Crippen LogP) is 7.31. The minimum Gasteiger partial charge on any atom is -0.478 e. The molecule has 0 spiro atoms. The zero-order valence-electron chi connectivity index (χ0n) is 33.4. The van der Waals surface area contributed by atoms with Gasteiger partial charge < -0.3 is 38.5 Å². The maximum absolute atomic E-state index is 12.1. The number of aromatic carboxylic acids is 1. The fraction of sp³-hybridized carbons (Fsp3) is 0.250. The van der Waals surface area contributed by atoms with Gasteiger partial charge in [-0.1, -0.05) is 35.9 Å². The molecule has 4 aromatic rings. The van der Waals surface area contributed by atoms with Crippen LogP contribution >= 0.6 is 35.1 Å². The van der Waals surface area contributed by atoms with Gasteiger partial charge in [0.05, 0.1) is 24.3 Å². The zero-order chi connectivity index (χ0) is 46.6. The van der Waals surface area contributed by atoms with Crippen molar-refractivity contribution in [2.75, 3.05) is 37.6 Å². The number of carbonyl (C=O) groups is 6. The number of ether oxygens (including phenoxy) is 5. The molecule has 4 aromatic carbocycles. The van der Waals surface area contributed by atoms with Crippen LogP contribution in [0.2, 0.25) is 0 Å². The molecule has 336 valence electrons. The molecule has 0 bridgehead atoms. The van der Waals surface area contributed by atoms with Crippen molar-refractivity contribution in [1.82, 2.24) is 0 Å². The second-order valence-electron chi connectivity index (χ2n) is 11.6. The van der Waals surface area contributed by atoms with Crippen LogP contribution in [0.5, 0.6) is 11.5 Å². The molecule has 0 saturated heterocycles. The molecule has 0 amide bonds. The molecule has 0 aliphatic carbocycles. The van der Waals surface area contributed by atoms with E-state index in [-0.39, 0.29) is 53.0 Å². The molecule has 63 heavy (non-hydrogen) atoms. The van der Waals surface area contributed by atoms with E-state index in [1.807, 2.05) is 0 Å². The van der Waals surface area contributed by atoms with Crippen LogP contribution in [0.25, 0.3) is 0 Å². The highest BCUT2D eigenvalue weighted by Gasteiger charge is 2.17. The highest BCUT2D eigenvalue weighted by Crippen LogP contribution is 2.22. The summed E-state index contributed by atoms with van der Waals surface area (Å²) in [6.07, 6.45) is 1.06. The molecule has 0 fully saturated rings. The Morgan fingerprint density at radius 2 is 0.984 bits per heavy atom. The Hall–Kier alpha value is -6.91. The van der Waals surface area contributed by atoms with Crippen LogP contribution in [0, 0.1) is 20.2 Å². The first-order valence-electron chi connectivity index (χ1n) is 18.0. The SMILES string of the molecule is CC(=O)Oc1ccccc1C(=O)OCCl.CC(=O)Oc1ccccc1C(=O)OCOC(=O)c1ccc(SCCCO[N+](=O)[O-])cc1.O=C(O)c1ccc(SCCCO[N+](=O)[O-])cc1. The van der Waals surface area contributed by atoms with Crippen molar-refractivity contribution in [3.05, 3.63) is 140 Å². The molecule has 0 radical (unpaired) electrons. The third-order valence-electron chi connectivity index (χ3n) is 6.99. The molecule has 23 heteroatoms. The van der Waals surface area contributed by atoms with Gasteiger partial charge in [0.2, 0.25) is 6.79 Å². The lowest BCUT2D eigenvalue weighted by molar-refractivity contribution is -0.757. The molecule has 0 aliphatic heterocycles. The number of alkyl halides is 1. The van der Waals surface area contributed by atoms with Crippen LogP contribution in [0.4, 0.5) is 0 Å². The number of rotatable bonds is 21. The Bertz CT molecular complexity index is 2160. The van der Waals surface area contributed by atoms with Gasteiger partial charge in [0.15, 0.2) is 6.07 Å². The highest BCUT2D eigenvalue weighted by molar-refractivity contribution is 7.99. The van der Waals surface area contributed by atoms with Gasteiger partial charge in [-0.3, -0.25) is 9.59 Å². The number of para-hydroxylation sites is 2. The lowest BCUT2D eigenvalue weighted by Crippen LogP contribution is -2.14. The lowest BCUT2D eigenvalue weighted by Gasteiger charge is -2.09. The third kappa shape index (κ3) is 22.0. The fourth-order valence-electron chi connectivity index (χ4n) is 4.34. The molecule has 0 aromatic heterocycles. The quantitative estimate of drug-likeness (QED) is 0.0125. The summed E-state index contributed by atoms with van der Waals surface area (Å²) in [6, 6.07) is 25.1. The largest absolute Gasteiger partial charge is 0.478 e. The number of carbonyl (C=O) groups excluding carboxylic acids is 5. The molecule has 20 nitrogen and oxygen atoms in total. The van der Waals surface area contributed by atoms with E-state index in [9.17, 15) is 49.0 Å². The normalized spacial score (nSPS) is 9.89. The van der Waals surface area contributed by atoms with Crippen molar-refractivity contribution in [3.63, 3.8) is 0 Å². The summed E-state index contributed by atoms with van der Waals surface area (Å²) in [7, 11) is 0. The summed E-state index contributed by atoms with van der Waals surface area (Å²) >= 11 is 8.21. The summed E-state index contributed by atoms with van der Waals surface area (Å²) in [4.78, 5) is 98.1. The van der Waals surface area contributed by atoms with Crippen molar-refractivity contribution >= 4 is 70.9 Å². The maximum atomic E-state index is 12.1. The van der Waals surface area contributed by atoms with Gasteiger partial charge in [0.1, 0.15) is 22.6 Å². The van der Waals surface area contributed by atoms with Crippen LogP contribution in [0.15, 0.2) is 107 Å². The molecule has 0 unspecified atom stereocenters. The first-order chi connectivity index (χ1) is 30.1. The summed E-state index contributed by atoms with van der Waals surface area (Å²) in [5, 5.41) is 27.0. The maximum Gasteiger partial charge on any atom is 0.344 e. The first kappa shape index (κ1) is 52.2. The second-order valence-corrected chi connectivity index (χ2v) is 14.1. The zero-order valence-corrected chi connectivity index (χ0v) is 35.8. The molecule has 1 N–H and O–H groups in total. The molecule has 0 saturated carbocycles. The van der Waals surface area contributed by atoms with E-state index in [0.29, 0.717) is 24.3 Å². The Morgan fingerprint density at radius 3 is 1.38 bits per heavy atom. The van der Waals surface area contributed by atoms with Gasteiger partial charge in [-0.15, -0.1) is 43.8 Å². The predicted molar refractivity (Wildman–Crippen MR) is 224 cm³/mol. The Morgan fingerprint density at radius 1 is 0.587 bits per heavy atom. The number of esters is 5. The summed E-state index contributed by atoms with van der Waals surface area (Å²) in [5.41, 5.74) is 0.704. The molecular weight excluding hydrogens is 896 g/mol. The average Bonchev–Trinajstić information content (AvgIpc) is 3.24. The number of benzene rings is 4. The number of hydrogen-bond donors (Lipinski definition) is 1. The smallest absolute Gasteiger partial charge is 0.344 e. The Balaban J connectivity index is 0.000000359. The van der Waals surface area contributed by atoms with E-state index in [4.69, 9.17) is 35.7 Å². The van der Waals surface area contributed by atoms with Crippen LogP contribution < -0.4 is 9.47 Å². The molecular formula is C40H39ClN2O18S2. The number of thioether (sulfide) groups is 2. The van der Waals surface area contributed by atoms with Crippen molar-refractivity contribution in [2.24, 2.45) is 0 Å². The number of carboxylic acid groups (broad SMARTS) is 1.